The number of benzene rings is 1. The summed E-state index contributed by atoms with van der Waals surface area (Å²) in [4.78, 5) is 16.8. The lowest BCUT2D eigenvalue weighted by atomic mass is 9.90. The first kappa shape index (κ1) is 15.8. The van der Waals surface area contributed by atoms with Crippen LogP contribution in [-0.2, 0) is 16.0 Å². The molecule has 122 valence electrons. The molecule has 1 aromatic carbocycles. The highest BCUT2D eigenvalue weighted by Crippen LogP contribution is 2.39. The number of unbranched alkanes of at least 4 members (excludes halogenated alkanes) is 2. The fraction of sp³-hybridized carbons (Fsp3) is 0.474. The first-order chi connectivity index (χ1) is 11.2. The number of rotatable bonds is 5. The minimum atomic E-state index is -0.245. The van der Waals surface area contributed by atoms with Gasteiger partial charge in [0.25, 0.3) is 0 Å². The largest absolute Gasteiger partial charge is 0.457 e. The van der Waals surface area contributed by atoms with E-state index >= 15 is 0 Å². The number of aryl methyl sites for hydroxylation is 1. The molecule has 0 amide bonds. The van der Waals surface area contributed by atoms with Gasteiger partial charge in [0.1, 0.15) is 6.10 Å². The lowest BCUT2D eigenvalue weighted by Gasteiger charge is -2.27. The Kier molecular flexibility index (Phi) is 4.79. The van der Waals surface area contributed by atoms with Crippen LogP contribution in [0, 0.1) is 0 Å². The maximum absolute atomic E-state index is 12.1. The molecule has 1 atom stereocenters. The van der Waals surface area contributed by atoms with Crippen LogP contribution in [0.1, 0.15) is 62.8 Å². The van der Waals surface area contributed by atoms with Crippen molar-refractivity contribution in [2.45, 2.75) is 58.0 Å². The highest BCUT2D eigenvalue weighted by molar-refractivity contribution is 5.92. The second kappa shape index (κ2) is 6.99. The van der Waals surface area contributed by atoms with Gasteiger partial charge in [-0.3, -0.25) is 9.78 Å². The number of para-hydroxylation sites is 1. The van der Waals surface area contributed by atoms with Crippen LogP contribution in [-0.4, -0.2) is 11.0 Å². The quantitative estimate of drug-likeness (QED) is 0.659. The first-order valence-corrected chi connectivity index (χ1v) is 8.57. The standard InChI is InChI=1S/C19H24N2O2/c1-2-3-4-12-17(22)23-16-11-7-10-15-18(16)19(20)13-8-5-6-9-14(13)21-15/h5-6,8-9,16H,2-4,7,10-12H2,1H3,(H2,20,21). The van der Waals surface area contributed by atoms with E-state index in [1.807, 2.05) is 24.3 Å². The molecule has 0 fully saturated rings. The number of anilines is 1. The number of nitrogen functional groups attached to an aromatic ring is 1. The Morgan fingerprint density at radius 3 is 3.00 bits per heavy atom. The molecule has 1 aliphatic carbocycles. The minimum absolute atomic E-state index is 0.121. The number of ether oxygens (including phenoxy) is 1. The van der Waals surface area contributed by atoms with Crippen LogP contribution in [0.15, 0.2) is 24.3 Å². The average Bonchev–Trinajstić information content (AvgIpc) is 2.55. The summed E-state index contributed by atoms with van der Waals surface area (Å²) >= 11 is 0. The molecule has 0 spiro atoms. The fourth-order valence-corrected chi connectivity index (χ4v) is 3.31. The summed E-state index contributed by atoms with van der Waals surface area (Å²) in [6.07, 6.45) is 5.99. The lowest BCUT2D eigenvalue weighted by molar-refractivity contribution is -0.150. The van der Waals surface area contributed by atoms with Crippen LogP contribution < -0.4 is 5.73 Å². The number of nitrogens with two attached hydrogens (primary N) is 1. The zero-order valence-electron chi connectivity index (χ0n) is 13.7. The Morgan fingerprint density at radius 1 is 1.35 bits per heavy atom. The van der Waals surface area contributed by atoms with Gasteiger partial charge in [0, 0.05) is 23.1 Å². The lowest BCUT2D eigenvalue weighted by Crippen LogP contribution is -2.19. The number of hydrogen-bond donors (Lipinski definition) is 1. The van der Waals surface area contributed by atoms with Crippen molar-refractivity contribution in [2.75, 3.05) is 5.73 Å². The third-order valence-corrected chi connectivity index (χ3v) is 4.51. The van der Waals surface area contributed by atoms with Crippen LogP contribution in [0.5, 0.6) is 0 Å². The molecule has 4 nitrogen and oxygen atoms in total. The van der Waals surface area contributed by atoms with E-state index in [-0.39, 0.29) is 12.1 Å². The Bertz CT molecular complexity index is 712. The van der Waals surface area contributed by atoms with E-state index in [4.69, 9.17) is 15.5 Å². The van der Waals surface area contributed by atoms with Gasteiger partial charge in [-0.1, -0.05) is 38.0 Å². The number of esters is 1. The Hall–Kier alpha value is -2.10. The number of carbonyl (C=O) groups is 1. The molecule has 4 heteroatoms. The second-order valence-corrected chi connectivity index (χ2v) is 6.23. The predicted molar refractivity (Wildman–Crippen MR) is 92.1 cm³/mol. The van der Waals surface area contributed by atoms with E-state index in [0.29, 0.717) is 6.42 Å². The average molecular weight is 312 g/mol. The molecule has 0 radical (unpaired) electrons. The van der Waals surface area contributed by atoms with Crippen LogP contribution in [0.2, 0.25) is 0 Å². The zero-order valence-corrected chi connectivity index (χ0v) is 13.7. The number of hydrogen-bond acceptors (Lipinski definition) is 4. The van der Waals surface area contributed by atoms with E-state index in [1.165, 1.54) is 0 Å². The van der Waals surface area contributed by atoms with E-state index in [0.717, 1.165) is 66.4 Å². The predicted octanol–water partition coefficient (Wildman–Crippen LogP) is 4.32. The highest BCUT2D eigenvalue weighted by atomic mass is 16.5. The van der Waals surface area contributed by atoms with Crippen LogP contribution in [0.25, 0.3) is 10.9 Å². The van der Waals surface area contributed by atoms with Crippen LogP contribution in [0.3, 0.4) is 0 Å². The summed E-state index contributed by atoms with van der Waals surface area (Å²) in [6.45, 7) is 2.13. The van der Waals surface area contributed by atoms with Gasteiger partial charge in [0.05, 0.1) is 11.2 Å². The van der Waals surface area contributed by atoms with Gasteiger partial charge in [-0.15, -0.1) is 0 Å². The molecular weight excluding hydrogens is 288 g/mol. The number of pyridine rings is 1. The summed E-state index contributed by atoms with van der Waals surface area (Å²) in [5, 5.41) is 0.945. The van der Waals surface area contributed by atoms with Crippen molar-refractivity contribution in [2.24, 2.45) is 0 Å². The van der Waals surface area contributed by atoms with Crippen LogP contribution >= 0.6 is 0 Å². The summed E-state index contributed by atoms with van der Waals surface area (Å²) in [5.74, 6) is -0.121. The van der Waals surface area contributed by atoms with Gasteiger partial charge in [-0.25, -0.2) is 0 Å². The third kappa shape index (κ3) is 3.31. The molecule has 23 heavy (non-hydrogen) atoms. The number of carbonyl (C=O) groups excluding carboxylic acids is 1. The van der Waals surface area contributed by atoms with E-state index in [9.17, 15) is 4.79 Å². The molecule has 0 saturated carbocycles. The summed E-state index contributed by atoms with van der Waals surface area (Å²) in [6, 6.07) is 7.88. The summed E-state index contributed by atoms with van der Waals surface area (Å²) in [7, 11) is 0. The molecule has 0 aliphatic heterocycles. The van der Waals surface area contributed by atoms with E-state index < -0.39 is 0 Å². The summed E-state index contributed by atoms with van der Waals surface area (Å²) < 4.78 is 5.74. The van der Waals surface area contributed by atoms with Gasteiger partial charge in [-0.2, -0.15) is 0 Å². The maximum atomic E-state index is 12.1. The molecule has 1 unspecified atom stereocenters. The number of aromatic nitrogens is 1. The molecule has 1 aliphatic rings. The molecule has 2 aromatic rings. The van der Waals surface area contributed by atoms with Gasteiger partial charge in [0.2, 0.25) is 0 Å². The topological polar surface area (TPSA) is 65.2 Å². The van der Waals surface area contributed by atoms with E-state index in [2.05, 4.69) is 6.92 Å². The maximum Gasteiger partial charge on any atom is 0.306 e. The van der Waals surface area contributed by atoms with Crippen molar-refractivity contribution in [1.82, 2.24) is 4.98 Å². The molecule has 3 rings (SSSR count). The Labute approximate surface area is 137 Å². The van der Waals surface area contributed by atoms with E-state index in [1.54, 1.807) is 0 Å². The first-order valence-electron chi connectivity index (χ1n) is 8.57. The fourth-order valence-electron chi connectivity index (χ4n) is 3.31. The van der Waals surface area contributed by atoms with Crippen molar-refractivity contribution in [1.29, 1.82) is 0 Å². The molecule has 0 bridgehead atoms. The van der Waals surface area contributed by atoms with Crippen LogP contribution in [0.4, 0.5) is 5.69 Å². The molecule has 0 saturated heterocycles. The van der Waals surface area contributed by atoms with Gasteiger partial charge in [0.15, 0.2) is 0 Å². The van der Waals surface area contributed by atoms with Crippen molar-refractivity contribution < 1.29 is 9.53 Å². The Morgan fingerprint density at radius 2 is 2.17 bits per heavy atom. The Balaban J connectivity index is 1.86. The second-order valence-electron chi connectivity index (χ2n) is 6.23. The zero-order chi connectivity index (χ0) is 16.2. The van der Waals surface area contributed by atoms with Crippen molar-refractivity contribution >= 4 is 22.6 Å². The number of fused-ring (bicyclic) bond motifs is 2. The molecule has 2 N–H and O–H groups in total. The smallest absolute Gasteiger partial charge is 0.306 e. The summed E-state index contributed by atoms with van der Waals surface area (Å²) in [5.41, 5.74) is 9.95. The third-order valence-electron chi connectivity index (χ3n) is 4.51. The molecular formula is C19H24N2O2. The van der Waals surface area contributed by atoms with Crippen molar-refractivity contribution in [3.05, 3.63) is 35.5 Å². The SMILES string of the molecule is CCCCCC(=O)OC1CCCc2nc3ccccc3c(N)c21. The van der Waals surface area contributed by atoms with Crippen molar-refractivity contribution in [3.63, 3.8) is 0 Å². The van der Waals surface area contributed by atoms with Gasteiger partial charge in [-0.05, 0) is 31.7 Å². The minimum Gasteiger partial charge on any atom is -0.457 e. The van der Waals surface area contributed by atoms with Gasteiger partial charge < -0.3 is 10.5 Å². The normalized spacial score (nSPS) is 17.0. The van der Waals surface area contributed by atoms with Crippen molar-refractivity contribution in [3.8, 4) is 0 Å². The van der Waals surface area contributed by atoms with Gasteiger partial charge >= 0.3 is 5.97 Å². The number of nitrogens with zero attached hydrogens (tertiary/aromatic N) is 1. The monoisotopic (exact) mass is 312 g/mol. The molecule has 1 heterocycles. The highest BCUT2D eigenvalue weighted by Gasteiger charge is 2.28. The molecule has 1 aromatic heterocycles.